The summed E-state index contributed by atoms with van der Waals surface area (Å²) >= 11 is 17.7. The molecule has 0 aliphatic carbocycles. The number of hydrogen-bond acceptors (Lipinski definition) is 3. The second-order valence-electron chi connectivity index (χ2n) is 4.34. The molecule has 0 aliphatic rings. The summed E-state index contributed by atoms with van der Waals surface area (Å²) in [4.78, 5) is 11.9. The van der Waals surface area contributed by atoms with E-state index < -0.39 is 0 Å². The van der Waals surface area contributed by atoms with Crippen LogP contribution in [0.1, 0.15) is 5.56 Å². The molecule has 0 aromatic heterocycles. The quantitative estimate of drug-likeness (QED) is 0.791. The molecule has 0 unspecified atom stereocenters. The second kappa shape index (κ2) is 7.37. The molecular formula is C15H10Cl3N3O. The molecule has 0 bridgehead atoms. The minimum atomic E-state index is -0.303. The number of hydrogen-bond donors (Lipinski definition) is 2. The molecule has 0 spiro atoms. The van der Waals surface area contributed by atoms with Gasteiger partial charge in [-0.05, 0) is 30.3 Å². The van der Waals surface area contributed by atoms with Gasteiger partial charge in [0.05, 0.1) is 38.9 Å². The molecule has 7 heteroatoms. The molecule has 0 fully saturated rings. The molecule has 22 heavy (non-hydrogen) atoms. The number of carbonyl (C=O) groups excluding carboxylic acids is 1. The molecule has 0 saturated heterocycles. The number of nitriles is 1. The van der Waals surface area contributed by atoms with Crippen LogP contribution in [0, 0.1) is 11.3 Å². The minimum absolute atomic E-state index is 0.0193. The summed E-state index contributed by atoms with van der Waals surface area (Å²) in [5.41, 5.74) is 1.57. The first-order chi connectivity index (χ1) is 10.5. The molecule has 0 saturated carbocycles. The Balaban J connectivity index is 1.99. The van der Waals surface area contributed by atoms with Gasteiger partial charge in [0.1, 0.15) is 0 Å². The van der Waals surface area contributed by atoms with Crippen LogP contribution in [0.2, 0.25) is 15.1 Å². The maximum Gasteiger partial charge on any atom is 0.243 e. The van der Waals surface area contributed by atoms with Gasteiger partial charge in [0, 0.05) is 5.69 Å². The van der Waals surface area contributed by atoms with Crippen molar-refractivity contribution in [1.29, 1.82) is 5.26 Å². The first kappa shape index (κ1) is 16.4. The van der Waals surface area contributed by atoms with Gasteiger partial charge < -0.3 is 10.6 Å². The fourth-order valence-electron chi connectivity index (χ4n) is 1.69. The average molecular weight is 355 g/mol. The van der Waals surface area contributed by atoms with E-state index in [-0.39, 0.29) is 12.5 Å². The van der Waals surface area contributed by atoms with Crippen molar-refractivity contribution in [1.82, 2.24) is 0 Å². The van der Waals surface area contributed by atoms with Gasteiger partial charge in [-0.15, -0.1) is 0 Å². The van der Waals surface area contributed by atoms with Gasteiger partial charge in [0.25, 0.3) is 0 Å². The Morgan fingerprint density at radius 1 is 1.09 bits per heavy atom. The topological polar surface area (TPSA) is 64.9 Å². The van der Waals surface area contributed by atoms with Gasteiger partial charge in [-0.1, -0.05) is 40.9 Å². The molecule has 1 amide bonds. The fourth-order valence-corrected chi connectivity index (χ4v) is 2.29. The lowest BCUT2D eigenvalue weighted by atomic mass is 10.2. The van der Waals surface area contributed by atoms with Gasteiger partial charge in [-0.2, -0.15) is 5.26 Å². The van der Waals surface area contributed by atoms with Crippen LogP contribution in [-0.4, -0.2) is 12.5 Å². The third-order valence-corrected chi connectivity index (χ3v) is 3.76. The Morgan fingerprint density at radius 2 is 1.82 bits per heavy atom. The number of nitrogens with zero attached hydrogens (tertiary/aromatic N) is 1. The highest BCUT2D eigenvalue weighted by Crippen LogP contribution is 2.32. The molecule has 2 rings (SSSR count). The van der Waals surface area contributed by atoms with Crippen LogP contribution in [0.3, 0.4) is 0 Å². The smallest absolute Gasteiger partial charge is 0.243 e. The van der Waals surface area contributed by atoms with E-state index in [4.69, 9.17) is 40.1 Å². The van der Waals surface area contributed by atoms with Crippen LogP contribution in [0.25, 0.3) is 0 Å². The highest BCUT2D eigenvalue weighted by atomic mass is 35.5. The standard InChI is InChI=1S/C15H10Cl3N3O/c16-11-5-13(18)14(6-12(11)17)21-15(22)8-20-10-3-1-2-9(4-10)7-19/h1-6,20H,8H2,(H,21,22). The predicted octanol–water partition coefficient (Wildman–Crippen LogP) is 4.57. The third-order valence-electron chi connectivity index (χ3n) is 2.73. The number of halogens is 3. The Morgan fingerprint density at radius 3 is 2.55 bits per heavy atom. The van der Waals surface area contributed by atoms with E-state index in [1.807, 2.05) is 6.07 Å². The maximum absolute atomic E-state index is 11.9. The maximum atomic E-state index is 11.9. The normalized spacial score (nSPS) is 9.91. The average Bonchev–Trinajstić information content (AvgIpc) is 2.51. The van der Waals surface area contributed by atoms with Crippen LogP contribution < -0.4 is 10.6 Å². The predicted molar refractivity (Wildman–Crippen MR) is 89.7 cm³/mol. The van der Waals surface area contributed by atoms with Crippen LogP contribution in [-0.2, 0) is 4.79 Å². The Labute approximate surface area is 142 Å². The first-order valence-corrected chi connectivity index (χ1v) is 7.31. The molecule has 2 aromatic rings. The summed E-state index contributed by atoms with van der Waals surface area (Å²) in [5, 5.41) is 15.3. The molecule has 2 aromatic carbocycles. The molecule has 2 N–H and O–H groups in total. The molecular weight excluding hydrogens is 345 g/mol. The molecule has 0 heterocycles. The van der Waals surface area contributed by atoms with Crippen molar-refractivity contribution in [2.75, 3.05) is 17.2 Å². The Kier molecular flexibility index (Phi) is 5.51. The van der Waals surface area contributed by atoms with Crippen molar-refractivity contribution in [3.8, 4) is 6.07 Å². The highest BCUT2D eigenvalue weighted by molar-refractivity contribution is 6.44. The summed E-state index contributed by atoms with van der Waals surface area (Å²) in [6.07, 6.45) is 0. The number of amides is 1. The summed E-state index contributed by atoms with van der Waals surface area (Å²) in [5.74, 6) is -0.303. The van der Waals surface area contributed by atoms with Gasteiger partial charge >= 0.3 is 0 Å². The summed E-state index contributed by atoms with van der Waals surface area (Å²) in [6, 6.07) is 11.8. The lowest BCUT2D eigenvalue weighted by molar-refractivity contribution is -0.114. The number of carbonyl (C=O) groups is 1. The molecule has 4 nitrogen and oxygen atoms in total. The summed E-state index contributed by atoms with van der Waals surface area (Å²) in [7, 11) is 0. The zero-order valence-electron chi connectivity index (χ0n) is 11.2. The van der Waals surface area contributed by atoms with E-state index in [0.29, 0.717) is 32.0 Å². The second-order valence-corrected chi connectivity index (χ2v) is 5.56. The van der Waals surface area contributed by atoms with E-state index >= 15 is 0 Å². The van der Waals surface area contributed by atoms with Crippen molar-refractivity contribution in [3.05, 3.63) is 57.0 Å². The van der Waals surface area contributed by atoms with Gasteiger partial charge in [0.2, 0.25) is 5.91 Å². The minimum Gasteiger partial charge on any atom is -0.376 e. The van der Waals surface area contributed by atoms with Crippen molar-refractivity contribution in [2.24, 2.45) is 0 Å². The Bertz CT molecular complexity index is 756. The number of rotatable bonds is 4. The summed E-state index contributed by atoms with van der Waals surface area (Å²) < 4.78 is 0. The van der Waals surface area contributed by atoms with E-state index in [2.05, 4.69) is 10.6 Å². The van der Waals surface area contributed by atoms with Crippen molar-refractivity contribution >= 4 is 52.1 Å². The van der Waals surface area contributed by atoms with Gasteiger partial charge in [0.15, 0.2) is 0 Å². The number of nitrogens with one attached hydrogen (secondary N) is 2. The third kappa shape index (κ3) is 4.28. The van der Waals surface area contributed by atoms with E-state index in [9.17, 15) is 4.79 Å². The summed E-state index contributed by atoms with van der Waals surface area (Å²) in [6.45, 7) is 0.0193. The Hall–Kier alpha value is -1.93. The lowest BCUT2D eigenvalue weighted by Gasteiger charge is -2.10. The van der Waals surface area contributed by atoms with Crippen LogP contribution in [0.4, 0.5) is 11.4 Å². The van der Waals surface area contributed by atoms with E-state index in [1.165, 1.54) is 12.1 Å². The van der Waals surface area contributed by atoms with E-state index in [1.54, 1.807) is 24.3 Å². The molecule has 0 atom stereocenters. The number of benzene rings is 2. The number of anilines is 2. The molecule has 0 aliphatic heterocycles. The van der Waals surface area contributed by atoms with Gasteiger partial charge in [-0.3, -0.25) is 4.79 Å². The van der Waals surface area contributed by atoms with Crippen LogP contribution in [0.15, 0.2) is 36.4 Å². The molecule has 112 valence electrons. The monoisotopic (exact) mass is 353 g/mol. The highest BCUT2D eigenvalue weighted by Gasteiger charge is 2.09. The van der Waals surface area contributed by atoms with Crippen LogP contribution in [0.5, 0.6) is 0 Å². The van der Waals surface area contributed by atoms with Crippen molar-refractivity contribution in [2.45, 2.75) is 0 Å². The van der Waals surface area contributed by atoms with Crippen molar-refractivity contribution in [3.63, 3.8) is 0 Å². The fraction of sp³-hybridized carbons (Fsp3) is 0.0667. The van der Waals surface area contributed by atoms with E-state index in [0.717, 1.165) is 0 Å². The lowest BCUT2D eigenvalue weighted by Crippen LogP contribution is -2.21. The molecule has 0 radical (unpaired) electrons. The zero-order chi connectivity index (χ0) is 16.1. The van der Waals surface area contributed by atoms with Crippen LogP contribution >= 0.6 is 34.8 Å². The zero-order valence-corrected chi connectivity index (χ0v) is 13.4. The SMILES string of the molecule is N#Cc1cccc(NCC(=O)Nc2cc(Cl)c(Cl)cc2Cl)c1. The largest absolute Gasteiger partial charge is 0.376 e. The van der Waals surface area contributed by atoms with Gasteiger partial charge in [-0.25, -0.2) is 0 Å². The first-order valence-electron chi connectivity index (χ1n) is 6.18. The van der Waals surface area contributed by atoms with Crippen molar-refractivity contribution < 1.29 is 4.79 Å².